The molecule has 2 rings (SSSR count). The molecule has 0 spiro atoms. The molecule has 0 aliphatic heterocycles. The molecule has 1 aromatic heterocycles. The SMILES string of the molecule is COC(=O)[C@H]1CC[C@@H](Nc2cncc(OCC(C)C)n2)C1. The zero-order valence-electron chi connectivity index (χ0n) is 12.8. The molecule has 0 saturated heterocycles. The third-order valence-electron chi connectivity index (χ3n) is 3.50. The van der Waals surface area contributed by atoms with Crippen LogP contribution in [0.3, 0.4) is 0 Å². The first-order valence-corrected chi connectivity index (χ1v) is 7.37. The molecule has 0 bridgehead atoms. The van der Waals surface area contributed by atoms with E-state index in [1.165, 1.54) is 7.11 Å². The fourth-order valence-electron chi connectivity index (χ4n) is 2.44. The molecule has 1 N–H and O–H groups in total. The van der Waals surface area contributed by atoms with Crippen molar-refractivity contribution in [2.45, 2.75) is 39.2 Å². The van der Waals surface area contributed by atoms with Gasteiger partial charge >= 0.3 is 5.97 Å². The van der Waals surface area contributed by atoms with Gasteiger partial charge in [0.25, 0.3) is 0 Å². The van der Waals surface area contributed by atoms with Gasteiger partial charge in [0, 0.05) is 6.04 Å². The van der Waals surface area contributed by atoms with Crippen LogP contribution in [0.1, 0.15) is 33.1 Å². The second-order valence-corrected chi connectivity index (χ2v) is 5.82. The van der Waals surface area contributed by atoms with Crippen LogP contribution < -0.4 is 10.1 Å². The van der Waals surface area contributed by atoms with E-state index in [4.69, 9.17) is 9.47 Å². The van der Waals surface area contributed by atoms with Gasteiger partial charge in [-0.25, -0.2) is 0 Å². The first kappa shape index (κ1) is 15.5. The highest BCUT2D eigenvalue weighted by Gasteiger charge is 2.30. The fourth-order valence-corrected chi connectivity index (χ4v) is 2.44. The van der Waals surface area contributed by atoms with Crippen LogP contribution in [0, 0.1) is 11.8 Å². The lowest BCUT2D eigenvalue weighted by Gasteiger charge is -2.14. The van der Waals surface area contributed by atoms with Gasteiger partial charge in [0.1, 0.15) is 5.82 Å². The van der Waals surface area contributed by atoms with Crippen molar-refractivity contribution in [3.63, 3.8) is 0 Å². The van der Waals surface area contributed by atoms with E-state index in [2.05, 4.69) is 29.1 Å². The average molecular weight is 293 g/mol. The number of nitrogens with zero attached hydrogens (tertiary/aromatic N) is 2. The minimum Gasteiger partial charge on any atom is -0.476 e. The lowest BCUT2D eigenvalue weighted by atomic mass is 10.1. The van der Waals surface area contributed by atoms with Crippen LogP contribution in [-0.2, 0) is 9.53 Å². The Morgan fingerprint density at radius 1 is 1.43 bits per heavy atom. The van der Waals surface area contributed by atoms with Crippen molar-refractivity contribution in [1.82, 2.24) is 9.97 Å². The number of rotatable bonds is 6. The standard InChI is InChI=1S/C15H23N3O3/c1-10(2)9-21-14-8-16-7-13(18-14)17-12-5-4-11(6-12)15(19)20-3/h7-8,10-12H,4-6,9H2,1-3H3,(H,17,18)/t11-,12+/m0/s1. The molecule has 116 valence electrons. The van der Waals surface area contributed by atoms with E-state index in [1.54, 1.807) is 12.4 Å². The summed E-state index contributed by atoms with van der Waals surface area (Å²) in [5.41, 5.74) is 0. The molecular weight excluding hydrogens is 270 g/mol. The molecule has 1 heterocycles. The maximum Gasteiger partial charge on any atom is 0.308 e. The van der Waals surface area contributed by atoms with E-state index in [-0.39, 0.29) is 17.9 Å². The topological polar surface area (TPSA) is 73.3 Å². The Bertz CT molecular complexity index is 479. The Morgan fingerprint density at radius 2 is 2.24 bits per heavy atom. The van der Waals surface area contributed by atoms with E-state index in [1.807, 2.05) is 0 Å². The molecule has 1 aliphatic carbocycles. The number of aromatic nitrogens is 2. The maximum atomic E-state index is 11.5. The van der Waals surface area contributed by atoms with E-state index in [0.717, 1.165) is 19.3 Å². The summed E-state index contributed by atoms with van der Waals surface area (Å²) < 4.78 is 10.4. The van der Waals surface area contributed by atoms with Crippen molar-refractivity contribution in [2.75, 3.05) is 19.0 Å². The molecule has 6 nitrogen and oxygen atoms in total. The Labute approximate surface area is 125 Å². The Hall–Kier alpha value is -1.85. The molecule has 1 aromatic rings. The Morgan fingerprint density at radius 3 is 2.95 bits per heavy atom. The van der Waals surface area contributed by atoms with Crippen LogP contribution in [0.15, 0.2) is 12.4 Å². The number of methoxy groups -OCH3 is 1. The lowest BCUT2D eigenvalue weighted by molar-refractivity contribution is -0.145. The third-order valence-corrected chi connectivity index (χ3v) is 3.50. The summed E-state index contributed by atoms with van der Waals surface area (Å²) in [5, 5.41) is 3.32. The van der Waals surface area contributed by atoms with E-state index < -0.39 is 0 Å². The number of hydrogen-bond donors (Lipinski definition) is 1. The second kappa shape index (κ2) is 7.24. The van der Waals surface area contributed by atoms with Gasteiger partial charge in [0.15, 0.2) is 0 Å². The molecule has 1 saturated carbocycles. The van der Waals surface area contributed by atoms with Gasteiger partial charge in [0.05, 0.1) is 32.0 Å². The largest absolute Gasteiger partial charge is 0.476 e. The van der Waals surface area contributed by atoms with Gasteiger partial charge in [-0.15, -0.1) is 0 Å². The molecule has 0 amide bonds. The monoisotopic (exact) mass is 293 g/mol. The summed E-state index contributed by atoms with van der Waals surface area (Å²) in [6.45, 7) is 4.79. The van der Waals surface area contributed by atoms with Crippen molar-refractivity contribution in [3.8, 4) is 5.88 Å². The van der Waals surface area contributed by atoms with Gasteiger partial charge in [-0.3, -0.25) is 9.78 Å². The Balaban J connectivity index is 1.88. The molecular formula is C15H23N3O3. The second-order valence-electron chi connectivity index (χ2n) is 5.82. The number of carbonyl (C=O) groups excluding carboxylic acids is 1. The van der Waals surface area contributed by atoms with Gasteiger partial charge in [-0.05, 0) is 25.2 Å². The number of nitrogens with one attached hydrogen (secondary N) is 1. The molecule has 1 fully saturated rings. The van der Waals surface area contributed by atoms with Gasteiger partial charge < -0.3 is 14.8 Å². The molecule has 0 radical (unpaired) electrons. The summed E-state index contributed by atoms with van der Waals surface area (Å²) in [5.74, 6) is 1.52. The van der Waals surface area contributed by atoms with Gasteiger partial charge in [0.2, 0.25) is 5.88 Å². The summed E-state index contributed by atoms with van der Waals surface area (Å²) in [7, 11) is 1.43. The summed E-state index contributed by atoms with van der Waals surface area (Å²) in [4.78, 5) is 20.0. The molecule has 21 heavy (non-hydrogen) atoms. The van der Waals surface area contributed by atoms with Crippen LogP contribution in [0.25, 0.3) is 0 Å². The van der Waals surface area contributed by atoms with Crippen LogP contribution in [-0.4, -0.2) is 35.7 Å². The average Bonchev–Trinajstić information content (AvgIpc) is 2.93. The molecule has 1 aliphatic rings. The zero-order valence-corrected chi connectivity index (χ0v) is 12.8. The highest BCUT2D eigenvalue weighted by molar-refractivity contribution is 5.72. The first-order chi connectivity index (χ1) is 10.1. The zero-order chi connectivity index (χ0) is 15.2. The number of carbonyl (C=O) groups is 1. The van der Waals surface area contributed by atoms with E-state index in [0.29, 0.717) is 24.2 Å². The highest BCUT2D eigenvalue weighted by atomic mass is 16.5. The van der Waals surface area contributed by atoms with Crippen molar-refractivity contribution in [3.05, 3.63) is 12.4 Å². The maximum absolute atomic E-state index is 11.5. The minimum atomic E-state index is -0.126. The normalized spacial score (nSPS) is 21.3. The van der Waals surface area contributed by atoms with Crippen LogP contribution in [0.4, 0.5) is 5.82 Å². The molecule has 0 aromatic carbocycles. The fraction of sp³-hybridized carbons (Fsp3) is 0.667. The number of ether oxygens (including phenoxy) is 2. The smallest absolute Gasteiger partial charge is 0.308 e. The molecule has 0 unspecified atom stereocenters. The molecule has 6 heteroatoms. The third kappa shape index (κ3) is 4.58. The van der Waals surface area contributed by atoms with E-state index >= 15 is 0 Å². The van der Waals surface area contributed by atoms with Crippen molar-refractivity contribution in [2.24, 2.45) is 11.8 Å². The lowest BCUT2D eigenvalue weighted by Crippen LogP contribution is -2.19. The van der Waals surface area contributed by atoms with Crippen LogP contribution in [0.5, 0.6) is 5.88 Å². The molecule has 2 atom stereocenters. The summed E-state index contributed by atoms with van der Waals surface area (Å²) in [6, 6.07) is 0.226. The van der Waals surface area contributed by atoms with Gasteiger partial charge in [-0.1, -0.05) is 13.8 Å². The van der Waals surface area contributed by atoms with Crippen molar-refractivity contribution < 1.29 is 14.3 Å². The first-order valence-electron chi connectivity index (χ1n) is 7.37. The number of hydrogen-bond acceptors (Lipinski definition) is 6. The Kier molecular flexibility index (Phi) is 5.36. The summed E-state index contributed by atoms with van der Waals surface area (Å²) >= 11 is 0. The quantitative estimate of drug-likeness (QED) is 0.811. The van der Waals surface area contributed by atoms with E-state index in [9.17, 15) is 4.79 Å². The van der Waals surface area contributed by atoms with Gasteiger partial charge in [-0.2, -0.15) is 4.98 Å². The van der Waals surface area contributed by atoms with Crippen LogP contribution in [0.2, 0.25) is 0 Å². The van der Waals surface area contributed by atoms with Crippen molar-refractivity contribution >= 4 is 11.8 Å². The predicted molar refractivity (Wildman–Crippen MR) is 79.1 cm³/mol. The predicted octanol–water partition coefficient (Wildman–Crippen LogP) is 2.27. The number of anilines is 1. The summed E-state index contributed by atoms with van der Waals surface area (Å²) in [6.07, 6.45) is 5.83. The van der Waals surface area contributed by atoms with Crippen LogP contribution >= 0.6 is 0 Å². The van der Waals surface area contributed by atoms with Crippen molar-refractivity contribution in [1.29, 1.82) is 0 Å². The highest BCUT2D eigenvalue weighted by Crippen LogP contribution is 2.28. The minimum absolute atomic E-state index is 0.0131. The number of esters is 1.